The molecule has 1 unspecified atom stereocenters. The lowest BCUT2D eigenvalue weighted by Gasteiger charge is -2.26. The maximum absolute atomic E-state index is 13.8. The quantitative estimate of drug-likeness (QED) is 0.456. The van der Waals surface area contributed by atoms with Crippen molar-refractivity contribution in [2.75, 3.05) is 13.2 Å². The summed E-state index contributed by atoms with van der Waals surface area (Å²) in [5.74, 6) is -1.16. The summed E-state index contributed by atoms with van der Waals surface area (Å²) in [4.78, 5) is 12.7. The van der Waals surface area contributed by atoms with Crippen molar-refractivity contribution in [3.8, 4) is 11.3 Å². The molecule has 0 bridgehead atoms. The van der Waals surface area contributed by atoms with E-state index in [0.717, 1.165) is 6.07 Å². The molecule has 0 spiro atoms. The van der Waals surface area contributed by atoms with Crippen LogP contribution in [0.5, 0.6) is 0 Å². The third-order valence-electron chi connectivity index (χ3n) is 6.15. The summed E-state index contributed by atoms with van der Waals surface area (Å²) >= 11 is 0. The van der Waals surface area contributed by atoms with Crippen LogP contribution in [0.3, 0.4) is 0 Å². The van der Waals surface area contributed by atoms with Gasteiger partial charge in [-0.15, -0.1) is 0 Å². The fourth-order valence-electron chi connectivity index (χ4n) is 3.95. The zero-order valence-electron chi connectivity index (χ0n) is 19.5. The van der Waals surface area contributed by atoms with Gasteiger partial charge in [-0.3, -0.25) is 4.79 Å². The number of nitrogens with one attached hydrogen (secondary N) is 1. The molecule has 14 heteroatoms. The number of hydrogen-bond acceptors (Lipinski definition) is 3. The van der Waals surface area contributed by atoms with Crippen molar-refractivity contribution >= 4 is 5.91 Å². The first-order valence-corrected chi connectivity index (χ1v) is 11.0. The van der Waals surface area contributed by atoms with Gasteiger partial charge in [-0.25, -0.2) is 0 Å². The molecule has 0 radical (unpaired) electrons. The lowest BCUT2D eigenvalue weighted by Crippen LogP contribution is -2.51. The van der Waals surface area contributed by atoms with Gasteiger partial charge in [0.15, 0.2) is 5.60 Å². The number of rotatable bonds is 6. The van der Waals surface area contributed by atoms with Crippen LogP contribution < -0.4 is 5.32 Å². The molecule has 0 aliphatic carbocycles. The van der Waals surface area contributed by atoms with E-state index in [9.17, 15) is 49.4 Å². The topological polar surface area (TPSA) is 63.5 Å². The summed E-state index contributed by atoms with van der Waals surface area (Å²) in [5.41, 5.74) is -7.66. The van der Waals surface area contributed by atoms with Gasteiger partial charge in [-0.2, -0.15) is 39.5 Å². The van der Waals surface area contributed by atoms with Gasteiger partial charge in [0.1, 0.15) is 0 Å². The second-order valence-corrected chi connectivity index (χ2v) is 8.98. The number of aromatic nitrogens is 1. The molecule has 1 saturated heterocycles. The molecule has 5 nitrogen and oxygen atoms in total. The van der Waals surface area contributed by atoms with Gasteiger partial charge in [0.25, 0.3) is 5.91 Å². The molecule has 2 atom stereocenters. The van der Waals surface area contributed by atoms with Gasteiger partial charge in [0.2, 0.25) is 0 Å². The minimum Gasteiger partial charge on any atom is -0.379 e. The number of amides is 1. The Morgan fingerprint density at radius 2 is 1.73 bits per heavy atom. The van der Waals surface area contributed by atoms with Crippen LogP contribution in [0.4, 0.5) is 39.5 Å². The first-order chi connectivity index (χ1) is 16.8. The summed E-state index contributed by atoms with van der Waals surface area (Å²) < 4.78 is 127. The summed E-state index contributed by atoms with van der Waals surface area (Å²) in [6, 6.07) is 1.79. The zero-order valence-corrected chi connectivity index (χ0v) is 19.5. The molecule has 1 aromatic heterocycles. The standard InChI is InChI=1S/C23H23F9N2O3/c1-12-15(19(35)33-11-20(2,36)23(30,31)32)9-18(34(12)10-14-4-3-7-37-14)16-8-13(21(24,25)26)5-6-17(16)22(27,28)29/h5-6,8-9,14,36H,3-4,7,10-11H2,1-2H3,(H,33,35)/t14-,20?/m1/s1. The predicted octanol–water partition coefficient (Wildman–Crippen LogP) is 5.72. The van der Waals surface area contributed by atoms with Crippen LogP contribution in [0.2, 0.25) is 0 Å². The molecular weight excluding hydrogens is 523 g/mol. The van der Waals surface area contributed by atoms with Gasteiger partial charge >= 0.3 is 18.5 Å². The molecule has 0 saturated carbocycles. The molecule has 1 amide bonds. The highest BCUT2D eigenvalue weighted by atomic mass is 19.4. The average molecular weight is 546 g/mol. The Morgan fingerprint density at radius 3 is 2.24 bits per heavy atom. The number of nitrogens with zero attached hydrogens (tertiary/aromatic N) is 1. The van der Waals surface area contributed by atoms with Crippen LogP contribution in [-0.4, -0.2) is 46.6 Å². The summed E-state index contributed by atoms with van der Waals surface area (Å²) in [5, 5.41) is 11.5. The first-order valence-electron chi connectivity index (χ1n) is 11.0. The number of alkyl halides is 9. The highest BCUT2D eigenvalue weighted by Gasteiger charge is 2.50. The van der Waals surface area contributed by atoms with Crippen molar-refractivity contribution in [3.05, 3.63) is 46.6 Å². The average Bonchev–Trinajstić information content (AvgIpc) is 3.38. The molecule has 206 valence electrons. The van der Waals surface area contributed by atoms with E-state index in [2.05, 4.69) is 0 Å². The van der Waals surface area contributed by atoms with Crippen LogP contribution in [0.15, 0.2) is 24.3 Å². The largest absolute Gasteiger partial charge is 0.418 e. The maximum atomic E-state index is 13.8. The fourth-order valence-corrected chi connectivity index (χ4v) is 3.95. The number of benzene rings is 1. The van der Waals surface area contributed by atoms with Gasteiger partial charge in [-0.1, -0.05) is 0 Å². The lowest BCUT2D eigenvalue weighted by molar-refractivity contribution is -0.249. The zero-order chi connectivity index (χ0) is 28.0. The van der Waals surface area contributed by atoms with E-state index < -0.39 is 59.4 Å². The minimum atomic E-state index is -5.09. The van der Waals surface area contributed by atoms with Crippen molar-refractivity contribution in [3.63, 3.8) is 0 Å². The fraction of sp³-hybridized carbons (Fsp3) is 0.522. The molecule has 1 aliphatic rings. The molecule has 1 fully saturated rings. The third-order valence-corrected chi connectivity index (χ3v) is 6.15. The van der Waals surface area contributed by atoms with E-state index in [1.165, 1.54) is 11.5 Å². The normalized spacial score (nSPS) is 18.6. The van der Waals surface area contributed by atoms with Gasteiger partial charge in [-0.05, 0) is 51.0 Å². The Balaban J connectivity index is 2.14. The number of carbonyl (C=O) groups is 1. The predicted molar refractivity (Wildman–Crippen MR) is 113 cm³/mol. The molecule has 3 rings (SSSR count). The SMILES string of the molecule is Cc1c(C(=O)NCC(C)(O)C(F)(F)F)cc(-c2cc(C(F)(F)F)ccc2C(F)(F)F)n1C[C@H]1CCCO1. The molecule has 1 aliphatic heterocycles. The Labute approximate surface area is 205 Å². The lowest BCUT2D eigenvalue weighted by atomic mass is 9.99. The Kier molecular flexibility index (Phi) is 7.68. The second kappa shape index (κ2) is 9.86. The molecule has 2 aromatic rings. The molecular formula is C23H23F9N2O3. The Morgan fingerprint density at radius 1 is 1.08 bits per heavy atom. The molecule has 2 N–H and O–H groups in total. The summed E-state index contributed by atoms with van der Waals surface area (Å²) in [6.45, 7) is 0.709. The van der Waals surface area contributed by atoms with Crippen molar-refractivity contribution in [2.24, 2.45) is 0 Å². The number of aliphatic hydroxyl groups is 1. The monoisotopic (exact) mass is 546 g/mol. The van der Waals surface area contributed by atoms with Gasteiger partial charge in [0.05, 0.1) is 29.3 Å². The Bertz CT molecular complexity index is 1140. The van der Waals surface area contributed by atoms with E-state index in [1.54, 1.807) is 0 Å². The van der Waals surface area contributed by atoms with E-state index in [-0.39, 0.29) is 29.6 Å². The van der Waals surface area contributed by atoms with Crippen LogP contribution in [0, 0.1) is 6.92 Å². The molecule has 2 heterocycles. The van der Waals surface area contributed by atoms with Crippen molar-refractivity contribution < 1.29 is 54.2 Å². The highest BCUT2D eigenvalue weighted by molar-refractivity contribution is 5.97. The number of ether oxygens (including phenoxy) is 1. The van der Waals surface area contributed by atoms with Crippen molar-refractivity contribution in [2.45, 2.75) is 63.5 Å². The van der Waals surface area contributed by atoms with Crippen LogP contribution in [-0.2, 0) is 23.6 Å². The van der Waals surface area contributed by atoms with E-state index in [0.29, 0.717) is 38.5 Å². The van der Waals surface area contributed by atoms with Crippen LogP contribution >= 0.6 is 0 Å². The van der Waals surface area contributed by atoms with Crippen LogP contribution in [0.25, 0.3) is 11.3 Å². The summed E-state index contributed by atoms with van der Waals surface area (Å²) in [6.07, 6.45) is -14.5. The number of hydrogen-bond donors (Lipinski definition) is 2. The maximum Gasteiger partial charge on any atom is 0.418 e. The number of halogens is 9. The van der Waals surface area contributed by atoms with Gasteiger partial charge in [0, 0.05) is 30.1 Å². The summed E-state index contributed by atoms with van der Waals surface area (Å²) in [7, 11) is 0. The third kappa shape index (κ3) is 6.22. The Hall–Kier alpha value is -2.74. The smallest absolute Gasteiger partial charge is 0.379 e. The van der Waals surface area contributed by atoms with E-state index in [1.807, 2.05) is 5.32 Å². The molecule has 1 aromatic carbocycles. The van der Waals surface area contributed by atoms with E-state index in [4.69, 9.17) is 4.74 Å². The highest BCUT2D eigenvalue weighted by Crippen LogP contribution is 2.42. The van der Waals surface area contributed by atoms with E-state index >= 15 is 0 Å². The minimum absolute atomic E-state index is 0.000174. The van der Waals surface area contributed by atoms with Crippen LogP contribution in [0.1, 0.15) is 46.9 Å². The van der Waals surface area contributed by atoms with Gasteiger partial charge < -0.3 is 19.7 Å². The van der Waals surface area contributed by atoms with Crippen molar-refractivity contribution in [1.29, 1.82) is 0 Å². The number of carbonyl (C=O) groups excluding carboxylic acids is 1. The second-order valence-electron chi connectivity index (χ2n) is 8.98. The van der Waals surface area contributed by atoms with Crippen molar-refractivity contribution in [1.82, 2.24) is 9.88 Å². The first kappa shape index (κ1) is 28.8. The molecule has 37 heavy (non-hydrogen) atoms.